The van der Waals surface area contributed by atoms with Gasteiger partial charge in [0.2, 0.25) is 0 Å². The average molecular weight is 196 g/mol. The first-order valence-corrected chi connectivity index (χ1v) is 5.63. The lowest BCUT2D eigenvalue weighted by Gasteiger charge is -1.90. The first-order valence-electron chi connectivity index (χ1n) is 3.82. The minimum absolute atomic E-state index is 0.221. The number of hydrogen-bond donors (Lipinski definition) is 2. The second-order valence-corrected chi connectivity index (χ2v) is 3.93. The molecule has 0 aromatic heterocycles. The minimum Gasteiger partial charge on any atom is -0.303 e. The van der Waals surface area contributed by atoms with Crippen molar-refractivity contribution in [1.29, 1.82) is 0 Å². The molecule has 6 heteroatoms. The van der Waals surface area contributed by atoms with Gasteiger partial charge in [0.25, 0.3) is 10.1 Å². The third-order valence-corrected chi connectivity index (χ3v) is 1.72. The molecule has 74 valence electrons. The van der Waals surface area contributed by atoms with Crippen LogP contribution >= 0.6 is 0 Å². The molecule has 0 aliphatic carbocycles. The SMILES string of the molecule is C1CNCN1.CCOS(C)(=O)=O. The third kappa shape index (κ3) is 9.83. The number of nitrogens with one attached hydrogen (secondary N) is 2. The van der Waals surface area contributed by atoms with Crippen LogP contribution in [0.1, 0.15) is 6.92 Å². The minimum atomic E-state index is -3.17. The highest BCUT2D eigenvalue weighted by Gasteiger charge is 1.94. The van der Waals surface area contributed by atoms with Crippen molar-refractivity contribution in [1.82, 2.24) is 10.6 Å². The summed E-state index contributed by atoms with van der Waals surface area (Å²) in [6.45, 7) is 5.12. The zero-order valence-corrected chi connectivity index (χ0v) is 8.28. The fourth-order valence-corrected chi connectivity index (χ4v) is 1.08. The van der Waals surface area contributed by atoms with Gasteiger partial charge in [-0.25, -0.2) is 0 Å². The van der Waals surface area contributed by atoms with E-state index in [2.05, 4.69) is 14.8 Å². The van der Waals surface area contributed by atoms with Crippen molar-refractivity contribution in [3.05, 3.63) is 0 Å². The van der Waals surface area contributed by atoms with E-state index in [9.17, 15) is 8.42 Å². The van der Waals surface area contributed by atoms with Crippen molar-refractivity contribution in [3.63, 3.8) is 0 Å². The van der Waals surface area contributed by atoms with E-state index in [-0.39, 0.29) is 6.61 Å². The molecule has 0 spiro atoms. The predicted molar refractivity (Wildman–Crippen MR) is 47.3 cm³/mol. The second-order valence-electron chi connectivity index (χ2n) is 2.29. The average Bonchev–Trinajstić information content (AvgIpc) is 2.38. The van der Waals surface area contributed by atoms with Crippen LogP contribution in [0.4, 0.5) is 0 Å². The molecule has 1 saturated heterocycles. The Morgan fingerprint density at radius 3 is 1.92 bits per heavy atom. The fraction of sp³-hybridized carbons (Fsp3) is 1.00. The maximum absolute atomic E-state index is 10.0. The van der Waals surface area contributed by atoms with Gasteiger partial charge in [-0.2, -0.15) is 8.42 Å². The molecule has 0 radical (unpaired) electrons. The topological polar surface area (TPSA) is 67.4 Å². The summed E-state index contributed by atoms with van der Waals surface area (Å²) in [5, 5.41) is 6.22. The summed E-state index contributed by atoms with van der Waals surface area (Å²) in [7, 11) is -3.17. The Morgan fingerprint density at radius 2 is 1.83 bits per heavy atom. The molecule has 1 heterocycles. The quantitative estimate of drug-likeness (QED) is 0.561. The lowest BCUT2D eigenvalue weighted by molar-refractivity contribution is 0.342. The van der Waals surface area contributed by atoms with Gasteiger partial charge < -0.3 is 10.6 Å². The number of rotatable bonds is 2. The lowest BCUT2D eigenvalue weighted by atomic mass is 10.7. The molecule has 0 unspecified atom stereocenters. The maximum atomic E-state index is 10.0. The highest BCUT2D eigenvalue weighted by molar-refractivity contribution is 7.85. The van der Waals surface area contributed by atoms with Crippen molar-refractivity contribution in [3.8, 4) is 0 Å². The van der Waals surface area contributed by atoms with Gasteiger partial charge in [0.15, 0.2) is 0 Å². The number of hydrogen-bond acceptors (Lipinski definition) is 5. The van der Waals surface area contributed by atoms with Gasteiger partial charge in [-0.3, -0.25) is 4.18 Å². The molecule has 1 fully saturated rings. The molecular weight excluding hydrogens is 180 g/mol. The maximum Gasteiger partial charge on any atom is 0.264 e. The van der Waals surface area contributed by atoms with E-state index in [0.717, 1.165) is 26.0 Å². The van der Waals surface area contributed by atoms with Crippen LogP contribution in [0, 0.1) is 0 Å². The Morgan fingerprint density at radius 1 is 1.33 bits per heavy atom. The fourth-order valence-electron chi connectivity index (χ4n) is 0.656. The van der Waals surface area contributed by atoms with Crippen LogP contribution in [0.2, 0.25) is 0 Å². The summed E-state index contributed by atoms with van der Waals surface area (Å²) in [5.41, 5.74) is 0. The third-order valence-electron chi connectivity index (χ3n) is 1.06. The largest absolute Gasteiger partial charge is 0.303 e. The van der Waals surface area contributed by atoms with E-state index in [1.807, 2.05) is 0 Å². The van der Waals surface area contributed by atoms with E-state index >= 15 is 0 Å². The van der Waals surface area contributed by atoms with Crippen LogP contribution in [-0.4, -0.2) is 41.0 Å². The predicted octanol–water partition coefficient (Wildman–Crippen LogP) is -0.881. The van der Waals surface area contributed by atoms with Gasteiger partial charge in [-0.05, 0) is 6.92 Å². The summed E-state index contributed by atoms with van der Waals surface area (Å²) in [4.78, 5) is 0. The van der Waals surface area contributed by atoms with Crippen molar-refractivity contribution in [2.75, 3.05) is 32.6 Å². The molecule has 0 atom stereocenters. The highest BCUT2D eigenvalue weighted by atomic mass is 32.2. The lowest BCUT2D eigenvalue weighted by Crippen LogP contribution is -2.11. The molecule has 0 amide bonds. The molecule has 1 aliphatic heterocycles. The van der Waals surface area contributed by atoms with E-state index < -0.39 is 10.1 Å². The van der Waals surface area contributed by atoms with Crippen LogP contribution < -0.4 is 10.6 Å². The normalized spacial score (nSPS) is 16.8. The van der Waals surface area contributed by atoms with Crippen molar-refractivity contribution in [2.24, 2.45) is 0 Å². The van der Waals surface area contributed by atoms with Gasteiger partial charge in [0.05, 0.1) is 12.9 Å². The van der Waals surface area contributed by atoms with E-state index in [1.165, 1.54) is 0 Å². The summed E-state index contributed by atoms with van der Waals surface area (Å²) < 4.78 is 24.2. The Kier molecular flexibility index (Phi) is 6.27. The Bertz CT molecular complexity index is 179. The molecule has 0 aromatic carbocycles. The van der Waals surface area contributed by atoms with Gasteiger partial charge >= 0.3 is 0 Å². The van der Waals surface area contributed by atoms with Crippen LogP contribution in [0.25, 0.3) is 0 Å². The molecule has 12 heavy (non-hydrogen) atoms. The zero-order chi connectivity index (χ0) is 9.45. The van der Waals surface area contributed by atoms with E-state index in [1.54, 1.807) is 6.92 Å². The van der Waals surface area contributed by atoms with Crippen LogP contribution in [0.3, 0.4) is 0 Å². The molecule has 0 aromatic rings. The van der Waals surface area contributed by atoms with Crippen molar-refractivity contribution >= 4 is 10.1 Å². The monoisotopic (exact) mass is 196 g/mol. The van der Waals surface area contributed by atoms with Crippen LogP contribution in [-0.2, 0) is 14.3 Å². The Labute approximate surface area is 73.6 Å². The van der Waals surface area contributed by atoms with Gasteiger partial charge in [0.1, 0.15) is 0 Å². The summed E-state index contributed by atoms with van der Waals surface area (Å²) >= 11 is 0. The van der Waals surface area contributed by atoms with Gasteiger partial charge in [-0.1, -0.05) is 0 Å². The summed E-state index contributed by atoms with van der Waals surface area (Å²) in [5.74, 6) is 0. The second kappa shape index (κ2) is 6.36. The first-order chi connectivity index (χ1) is 5.56. The molecule has 0 saturated carbocycles. The molecule has 1 rings (SSSR count). The van der Waals surface area contributed by atoms with E-state index in [0.29, 0.717) is 0 Å². The Balaban J connectivity index is 0.000000211. The molecule has 2 N–H and O–H groups in total. The molecule has 1 aliphatic rings. The molecule has 5 nitrogen and oxygen atoms in total. The van der Waals surface area contributed by atoms with Crippen LogP contribution in [0.5, 0.6) is 0 Å². The van der Waals surface area contributed by atoms with Crippen molar-refractivity contribution in [2.45, 2.75) is 6.92 Å². The molecule has 0 bridgehead atoms. The smallest absolute Gasteiger partial charge is 0.264 e. The van der Waals surface area contributed by atoms with Gasteiger partial charge in [0, 0.05) is 19.8 Å². The summed E-state index contributed by atoms with van der Waals surface area (Å²) in [6.07, 6.45) is 1.02. The van der Waals surface area contributed by atoms with Gasteiger partial charge in [-0.15, -0.1) is 0 Å². The Hall–Kier alpha value is -0.170. The molecular formula is C6H16N2O3S. The standard InChI is InChI=1S/C3H8N2.C3H8O3S/c1-2-5-3-4-1;1-3-6-7(2,4)5/h4-5H,1-3H2;3H2,1-2H3. The first kappa shape index (κ1) is 11.8. The zero-order valence-electron chi connectivity index (χ0n) is 7.46. The van der Waals surface area contributed by atoms with E-state index in [4.69, 9.17) is 0 Å². The highest BCUT2D eigenvalue weighted by Crippen LogP contribution is 1.81. The summed E-state index contributed by atoms with van der Waals surface area (Å²) in [6, 6.07) is 0. The van der Waals surface area contributed by atoms with Crippen molar-refractivity contribution < 1.29 is 12.6 Å². The van der Waals surface area contributed by atoms with Crippen LogP contribution in [0.15, 0.2) is 0 Å².